The Morgan fingerprint density at radius 2 is 2.17 bits per heavy atom. The summed E-state index contributed by atoms with van der Waals surface area (Å²) in [5.74, 6) is 0.579. The minimum Gasteiger partial charge on any atom is -0.395 e. The first-order valence-electron chi connectivity index (χ1n) is 6.78. The van der Waals surface area contributed by atoms with E-state index in [9.17, 15) is 5.11 Å². The van der Waals surface area contributed by atoms with Gasteiger partial charge >= 0.3 is 0 Å². The molecule has 18 heavy (non-hydrogen) atoms. The maximum Gasteiger partial charge on any atom is 0.0587 e. The Hall–Kier alpha value is -0.900. The van der Waals surface area contributed by atoms with Crippen molar-refractivity contribution in [1.82, 2.24) is 5.32 Å². The molecule has 1 fully saturated rings. The van der Waals surface area contributed by atoms with E-state index in [2.05, 4.69) is 24.4 Å². The van der Waals surface area contributed by atoms with Crippen molar-refractivity contribution < 1.29 is 9.84 Å². The molecule has 1 aliphatic heterocycles. The van der Waals surface area contributed by atoms with Crippen molar-refractivity contribution in [1.29, 1.82) is 0 Å². The lowest BCUT2D eigenvalue weighted by atomic mass is 9.98. The number of aliphatic hydroxyl groups excluding tert-OH is 1. The maximum absolute atomic E-state index is 9.49. The van der Waals surface area contributed by atoms with Gasteiger partial charge in [-0.1, -0.05) is 30.3 Å². The topological polar surface area (TPSA) is 41.5 Å². The third-order valence-corrected chi connectivity index (χ3v) is 3.72. The molecule has 0 aliphatic carbocycles. The summed E-state index contributed by atoms with van der Waals surface area (Å²) >= 11 is 0. The Morgan fingerprint density at radius 3 is 2.78 bits per heavy atom. The molecule has 0 amide bonds. The Bertz CT molecular complexity index is 336. The number of hydrogen-bond acceptors (Lipinski definition) is 3. The van der Waals surface area contributed by atoms with Crippen molar-refractivity contribution in [3.8, 4) is 0 Å². The van der Waals surface area contributed by atoms with Crippen molar-refractivity contribution in [2.24, 2.45) is 5.92 Å². The van der Waals surface area contributed by atoms with Crippen LogP contribution in [0.1, 0.15) is 18.9 Å². The van der Waals surface area contributed by atoms with Gasteiger partial charge in [0.25, 0.3) is 0 Å². The number of rotatable bonds is 6. The van der Waals surface area contributed by atoms with Gasteiger partial charge in [-0.25, -0.2) is 0 Å². The Labute approximate surface area is 109 Å². The second-order valence-corrected chi connectivity index (χ2v) is 5.15. The van der Waals surface area contributed by atoms with Gasteiger partial charge in [0, 0.05) is 18.7 Å². The van der Waals surface area contributed by atoms with E-state index in [-0.39, 0.29) is 12.6 Å². The first-order chi connectivity index (χ1) is 8.79. The van der Waals surface area contributed by atoms with Crippen molar-refractivity contribution >= 4 is 0 Å². The van der Waals surface area contributed by atoms with Gasteiger partial charge in [-0.3, -0.25) is 0 Å². The molecule has 3 atom stereocenters. The van der Waals surface area contributed by atoms with Crippen LogP contribution >= 0.6 is 0 Å². The molecule has 1 aromatic rings. The summed E-state index contributed by atoms with van der Waals surface area (Å²) < 4.78 is 5.41. The minimum absolute atomic E-state index is 0.128. The highest BCUT2D eigenvalue weighted by atomic mass is 16.5. The lowest BCUT2D eigenvalue weighted by Gasteiger charge is -2.25. The summed E-state index contributed by atoms with van der Waals surface area (Å²) in [6.45, 7) is 4.08. The van der Waals surface area contributed by atoms with Crippen LogP contribution < -0.4 is 5.32 Å². The fraction of sp³-hybridized carbons (Fsp3) is 0.600. The molecular formula is C15H23NO2. The number of ether oxygens (including phenoxy) is 1. The molecule has 1 aromatic carbocycles. The Balaban J connectivity index is 1.85. The van der Waals surface area contributed by atoms with E-state index in [1.165, 1.54) is 5.56 Å². The molecule has 2 rings (SSSR count). The predicted octanol–water partition coefficient (Wildman–Crippen LogP) is 1.60. The summed E-state index contributed by atoms with van der Waals surface area (Å²) in [6, 6.07) is 10.8. The molecule has 1 aliphatic rings. The third-order valence-electron chi connectivity index (χ3n) is 3.72. The molecule has 0 bridgehead atoms. The number of hydrogen-bond donors (Lipinski definition) is 2. The molecule has 2 N–H and O–H groups in total. The largest absolute Gasteiger partial charge is 0.395 e. The van der Waals surface area contributed by atoms with E-state index >= 15 is 0 Å². The highest BCUT2D eigenvalue weighted by Crippen LogP contribution is 2.17. The quantitative estimate of drug-likeness (QED) is 0.804. The summed E-state index contributed by atoms with van der Waals surface area (Å²) in [6.07, 6.45) is 1.99. The van der Waals surface area contributed by atoms with Gasteiger partial charge in [0.05, 0.1) is 13.2 Å². The van der Waals surface area contributed by atoms with Gasteiger partial charge in [0.15, 0.2) is 0 Å². The summed E-state index contributed by atoms with van der Waals surface area (Å²) in [5, 5.41) is 13.0. The van der Waals surface area contributed by atoms with Gasteiger partial charge < -0.3 is 15.2 Å². The molecule has 0 spiro atoms. The van der Waals surface area contributed by atoms with Crippen LogP contribution in [-0.2, 0) is 11.2 Å². The average molecular weight is 249 g/mol. The maximum atomic E-state index is 9.49. The van der Waals surface area contributed by atoms with E-state index in [0.717, 1.165) is 26.1 Å². The Morgan fingerprint density at radius 1 is 1.39 bits per heavy atom. The van der Waals surface area contributed by atoms with Gasteiger partial charge in [-0.15, -0.1) is 0 Å². The molecule has 3 unspecified atom stereocenters. The van der Waals surface area contributed by atoms with Crippen LogP contribution in [0, 0.1) is 5.92 Å². The average Bonchev–Trinajstić information content (AvgIpc) is 2.93. The predicted molar refractivity (Wildman–Crippen MR) is 72.5 cm³/mol. The fourth-order valence-corrected chi connectivity index (χ4v) is 2.53. The van der Waals surface area contributed by atoms with Crippen LogP contribution in [0.3, 0.4) is 0 Å². The molecule has 0 aromatic heterocycles. The zero-order chi connectivity index (χ0) is 12.8. The first-order valence-corrected chi connectivity index (χ1v) is 6.78. The molecule has 100 valence electrons. The normalized spacial score (nSPS) is 22.9. The number of nitrogens with one attached hydrogen (secondary N) is 1. The standard InChI is InChI=1S/C15H23NO2/c1-12(14-7-8-18-11-14)16-15(10-17)9-13-5-3-2-4-6-13/h2-6,12,14-17H,7-11H2,1H3. The second-order valence-electron chi connectivity index (χ2n) is 5.15. The SMILES string of the molecule is CC(NC(CO)Cc1ccccc1)C1CCOC1. The third kappa shape index (κ3) is 3.80. The van der Waals surface area contributed by atoms with E-state index in [1.807, 2.05) is 18.2 Å². The lowest BCUT2D eigenvalue weighted by molar-refractivity contribution is 0.170. The Kier molecular flexibility index (Phi) is 5.17. The fourth-order valence-electron chi connectivity index (χ4n) is 2.53. The lowest BCUT2D eigenvalue weighted by Crippen LogP contribution is -2.44. The van der Waals surface area contributed by atoms with Gasteiger partial charge in [-0.2, -0.15) is 0 Å². The molecule has 0 saturated carbocycles. The molecule has 3 nitrogen and oxygen atoms in total. The van der Waals surface area contributed by atoms with E-state index < -0.39 is 0 Å². The minimum atomic E-state index is 0.128. The highest BCUT2D eigenvalue weighted by Gasteiger charge is 2.24. The summed E-state index contributed by atoms with van der Waals surface area (Å²) in [5.41, 5.74) is 1.26. The van der Waals surface area contributed by atoms with Crippen molar-refractivity contribution in [3.05, 3.63) is 35.9 Å². The first kappa shape index (κ1) is 13.5. The van der Waals surface area contributed by atoms with Gasteiger partial charge in [-0.05, 0) is 31.2 Å². The van der Waals surface area contributed by atoms with Crippen LogP contribution in [0.25, 0.3) is 0 Å². The smallest absolute Gasteiger partial charge is 0.0587 e. The van der Waals surface area contributed by atoms with Crippen LogP contribution in [0.15, 0.2) is 30.3 Å². The molecule has 3 heteroatoms. The summed E-state index contributed by atoms with van der Waals surface area (Å²) in [7, 11) is 0. The van der Waals surface area contributed by atoms with E-state index in [1.54, 1.807) is 0 Å². The van der Waals surface area contributed by atoms with Gasteiger partial charge in [0.2, 0.25) is 0 Å². The molecular weight excluding hydrogens is 226 g/mol. The van der Waals surface area contributed by atoms with E-state index in [0.29, 0.717) is 12.0 Å². The van der Waals surface area contributed by atoms with E-state index in [4.69, 9.17) is 4.74 Å². The number of aliphatic hydroxyl groups is 1. The zero-order valence-electron chi connectivity index (χ0n) is 11.0. The number of benzene rings is 1. The second kappa shape index (κ2) is 6.88. The van der Waals surface area contributed by atoms with Crippen molar-refractivity contribution in [2.45, 2.75) is 31.8 Å². The van der Waals surface area contributed by atoms with Crippen LogP contribution in [0.2, 0.25) is 0 Å². The van der Waals surface area contributed by atoms with Gasteiger partial charge in [0.1, 0.15) is 0 Å². The molecule has 0 radical (unpaired) electrons. The van der Waals surface area contributed by atoms with Crippen LogP contribution in [0.4, 0.5) is 0 Å². The van der Waals surface area contributed by atoms with Crippen molar-refractivity contribution in [2.75, 3.05) is 19.8 Å². The van der Waals surface area contributed by atoms with Crippen molar-refractivity contribution in [3.63, 3.8) is 0 Å². The van der Waals surface area contributed by atoms with Crippen LogP contribution in [-0.4, -0.2) is 37.0 Å². The zero-order valence-corrected chi connectivity index (χ0v) is 11.0. The molecule has 1 saturated heterocycles. The summed E-state index contributed by atoms with van der Waals surface area (Å²) in [4.78, 5) is 0. The molecule has 1 heterocycles. The monoisotopic (exact) mass is 249 g/mol. The van der Waals surface area contributed by atoms with Crippen LogP contribution in [0.5, 0.6) is 0 Å². The highest BCUT2D eigenvalue weighted by molar-refractivity contribution is 5.16.